The number of hydrogen-bond acceptors (Lipinski definition) is 4. The van der Waals surface area contributed by atoms with Crippen LogP contribution in [0.2, 0.25) is 0 Å². The zero-order valence-electron chi connectivity index (χ0n) is 13.2. The van der Waals surface area contributed by atoms with Crippen molar-refractivity contribution in [3.63, 3.8) is 0 Å². The van der Waals surface area contributed by atoms with E-state index in [1.165, 1.54) is 0 Å². The highest BCUT2D eigenvalue weighted by atomic mass is 32.2. The maximum atomic E-state index is 12.9. The Hall–Kier alpha value is -0.890. The molecule has 2 aliphatic heterocycles. The van der Waals surface area contributed by atoms with E-state index in [9.17, 15) is 8.42 Å². The second-order valence-electron chi connectivity index (χ2n) is 6.19. The molecule has 0 aromatic carbocycles. The number of hydrogen-bond donors (Lipinski definition) is 0. The fourth-order valence-electron chi connectivity index (χ4n) is 3.46. The number of nitrogens with zero attached hydrogens (tertiary/aromatic N) is 2. The van der Waals surface area contributed by atoms with Crippen LogP contribution in [0, 0.1) is 12.8 Å². The van der Waals surface area contributed by atoms with E-state index in [-0.39, 0.29) is 6.04 Å². The Kier molecular flexibility index (Phi) is 4.59. The molecule has 0 bridgehead atoms. The summed E-state index contributed by atoms with van der Waals surface area (Å²) < 4.78 is 39.9. The van der Waals surface area contributed by atoms with Crippen LogP contribution in [0.5, 0.6) is 0 Å². The smallest absolute Gasteiger partial charge is 0.282 e. The van der Waals surface area contributed by atoms with E-state index in [0.717, 1.165) is 30.8 Å². The molecule has 0 radical (unpaired) electrons. The lowest BCUT2D eigenvalue weighted by atomic mass is 10.1. The molecule has 0 aliphatic carbocycles. The first-order valence-electron chi connectivity index (χ1n) is 7.84. The van der Waals surface area contributed by atoms with Crippen LogP contribution in [0.4, 0.5) is 0 Å². The van der Waals surface area contributed by atoms with E-state index in [4.69, 9.17) is 9.15 Å². The molecule has 3 rings (SSSR count). The molecule has 3 heterocycles. The lowest BCUT2D eigenvalue weighted by Crippen LogP contribution is -2.42. The Morgan fingerprint density at radius 2 is 2.14 bits per heavy atom. The monoisotopic (exact) mass is 328 g/mol. The molecule has 2 fully saturated rings. The highest BCUT2D eigenvalue weighted by molar-refractivity contribution is 7.86. The van der Waals surface area contributed by atoms with Gasteiger partial charge in [0.1, 0.15) is 11.5 Å². The van der Waals surface area contributed by atoms with E-state index >= 15 is 0 Å². The third-order valence-electron chi connectivity index (χ3n) is 4.57. The van der Waals surface area contributed by atoms with Gasteiger partial charge in [0.05, 0.1) is 12.6 Å². The number of rotatable bonds is 5. The van der Waals surface area contributed by atoms with E-state index < -0.39 is 10.2 Å². The minimum atomic E-state index is -3.43. The lowest BCUT2D eigenvalue weighted by molar-refractivity contribution is 0.157. The quantitative estimate of drug-likeness (QED) is 0.829. The van der Waals surface area contributed by atoms with Crippen molar-refractivity contribution in [3.05, 3.63) is 23.7 Å². The molecule has 1 aromatic rings. The molecular weight excluding hydrogens is 304 g/mol. The summed E-state index contributed by atoms with van der Waals surface area (Å²) in [5, 5.41) is 0. The van der Waals surface area contributed by atoms with Crippen LogP contribution in [0.1, 0.15) is 36.8 Å². The second kappa shape index (κ2) is 6.31. The van der Waals surface area contributed by atoms with Crippen molar-refractivity contribution in [2.45, 2.75) is 32.2 Å². The standard InChI is InChI=1S/C15H24N2O4S/c1-12-5-6-15(21-12)14-4-3-8-17(14)22(18,19)16-9-7-13(10-16)11-20-2/h5-6,13-14H,3-4,7-11H2,1-2H3/t13-,14-/m0/s1. The average Bonchev–Trinajstić information content (AvgIpc) is 3.17. The van der Waals surface area contributed by atoms with Gasteiger partial charge in [0.15, 0.2) is 0 Å². The first kappa shape index (κ1) is 16.0. The van der Waals surface area contributed by atoms with Gasteiger partial charge in [-0.2, -0.15) is 17.0 Å². The van der Waals surface area contributed by atoms with Crippen LogP contribution in [0.3, 0.4) is 0 Å². The summed E-state index contributed by atoms with van der Waals surface area (Å²) in [6, 6.07) is 3.62. The van der Waals surface area contributed by atoms with E-state index in [1.54, 1.807) is 15.7 Å². The fourth-order valence-corrected chi connectivity index (χ4v) is 5.38. The van der Waals surface area contributed by atoms with Crippen molar-refractivity contribution in [1.29, 1.82) is 0 Å². The van der Waals surface area contributed by atoms with Crippen LogP contribution < -0.4 is 0 Å². The maximum Gasteiger partial charge on any atom is 0.282 e. The van der Waals surface area contributed by atoms with Crippen molar-refractivity contribution in [3.8, 4) is 0 Å². The molecular formula is C15H24N2O4S. The molecule has 0 spiro atoms. The molecule has 2 atom stereocenters. The Bertz CT molecular complexity index is 613. The SMILES string of the molecule is COC[C@H]1CCN(S(=O)(=O)N2CCC[C@H]2c2ccc(C)o2)C1. The normalized spacial score (nSPS) is 27.7. The van der Waals surface area contributed by atoms with Crippen molar-refractivity contribution in [2.24, 2.45) is 5.92 Å². The highest BCUT2D eigenvalue weighted by Gasteiger charge is 2.42. The Morgan fingerprint density at radius 1 is 1.32 bits per heavy atom. The van der Waals surface area contributed by atoms with Gasteiger partial charge >= 0.3 is 0 Å². The topological polar surface area (TPSA) is 63.0 Å². The molecule has 0 amide bonds. The van der Waals surface area contributed by atoms with Crippen molar-refractivity contribution in [2.75, 3.05) is 33.4 Å². The van der Waals surface area contributed by atoms with E-state index in [0.29, 0.717) is 32.2 Å². The third-order valence-corrected chi connectivity index (χ3v) is 6.58. The molecule has 7 heteroatoms. The zero-order chi connectivity index (χ0) is 15.7. The average molecular weight is 328 g/mol. The molecule has 22 heavy (non-hydrogen) atoms. The molecule has 1 aromatic heterocycles. The first-order chi connectivity index (χ1) is 10.5. The lowest BCUT2D eigenvalue weighted by Gasteiger charge is -2.27. The van der Waals surface area contributed by atoms with Crippen LogP contribution in [-0.2, 0) is 14.9 Å². The van der Waals surface area contributed by atoms with E-state index in [1.807, 2.05) is 19.1 Å². The number of methoxy groups -OCH3 is 1. The van der Waals surface area contributed by atoms with Gasteiger partial charge in [-0.25, -0.2) is 0 Å². The number of furan rings is 1. The fraction of sp³-hybridized carbons (Fsp3) is 0.733. The predicted molar refractivity (Wildman–Crippen MR) is 82.6 cm³/mol. The molecule has 0 N–H and O–H groups in total. The van der Waals surface area contributed by atoms with Gasteiger partial charge in [-0.3, -0.25) is 0 Å². The molecule has 0 saturated carbocycles. The van der Waals surface area contributed by atoms with Crippen LogP contribution in [0.25, 0.3) is 0 Å². The van der Waals surface area contributed by atoms with Crippen LogP contribution >= 0.6 is 0 Å². The minimum Gasteiger partial charge on any atom is -0.465 e. The van der Waals surface area contributed by atoms with Crippen molar-refractivity contribution >= 4 is 10.2 Å². The Morgan fingerprint density at radius 3 is 2.82 bits per heavy atom. The predicted octanol–water partition coefficient (Wildman–Crippen LogP) is 1.94. The first-order valence-corrected chi connectivity index (χ1v) is 9.24. The summed E-state index contributed by atoms with van der Waals surface area (Å²) in [6.45, 7) is 4.20. The molecule has 6 nitrogen and oxygen atoms in total. The summed E-state index contributed by atoms with van der Waals surface area (Å²) in [4.78, 5) is 0. The molecule has 0 unspecified atom stereocenters. The van der Waals surface area contributed by atoms with Gasteiger partial charge in [0.25, 0.3) is 10.2 Å². The zero-order valence-corrected chi connectivity index (χ0v) is 14.0. The minimum absolute atomic E-state index is 0.167. The Balaban J connectivity index is 1.76. The van der Waals surface area contributed by atoms with Gasteiger partial charge < -0.3 is 9.15 Å². The third kappa shape index (κ3) is 2.95. The summed E-state index contributed by atoms with van der Waals surface area (Å²) in [7, 11) is -1.77. The molecule has 2 aliphatic rings. The summed E-state index contributed by atoms with van der Waals surface area (Å²) in [5.41, 5.74) is 0. The van der Waals surface area contributed by atoms with Crippen molar-refractivity contribution in [1.82, 2.24) is 8.61 Å². The summed E-state index contributed by atoms with van der Waals surface area (Å²) >= 11 is 0. The number of ether oxygens (including phenoxy) is 1. The molecule has 2 saturated heterocycles. The van der Waals surface area contributed by atoms with Gasteiger partial charge in [0, 0.05) is 26.7 Å². The van der Waals surface area contributed by atoms with Gasteiger partial charge in [0.2, 0.25) is 0 Å². The highest BCUT2D eigenvalue weighted by Crippen LogP contribution is 2.37. The maximum absolute atomic E-state index is 12.9. The van der Waals surface area contributed by atoms with Gasteiger partial charge in [-0.05, 0) is 44.2 Å². The van der Waals surface area contributed by atoms with Crippen LogP contribution in [0.15, 0.2) is 16.5 Å². The van der Waals surface area contributed by atoms with E-state index in [2.05, 4.69) is 0 Å². The van der Waals surface area contributed by atoms with Crippen molar-refractivity contribution < 1.29 is 17.6 Å². The summed E-state index contributed by atoms with van der Waals surface area (Å²) in [5.74, 6) is 1.87. The Labute approximate surface area is 132 Å². The van der Waals surface area contributed by atoms with Crippen LogP contribution in [-0.4, -0.2) is 50.4 Å². The largest absolute Gasteiger partial charge is 0.465 e. The number of aryl methyl sites for hydroxylation is 1. The molecule has 124 valence electrons. The summed E-state index contributed by atoms with van der Waals surface area (Å²) in [6.07, 6.45) is 2.56. The van der Waals surface area contributed by atoms with Gasteiger partial charge in [-0.1, -0.05) is 0 Å². The van der Waals surface area contributed by atoms with Gasteiger partial charge in [-0.15, -0.1) is 0 Å². The second-order valence-corrected chi connectivity index (χ2v) is 8.07.